The van der Waals surface area contributed by atoms with Crippen LogP contribution in [0.4, 0.5) is 0 Å². The van der Waals surface area contributed by atoms with Crippen LogP contribution in [0, 0.1) is 5.92 Å². The highest BCUT2D eigenvalue weighted by molar-refractivity contribution is 5.84. The molecule has 1 aliphatic heterocycles. The number of hydrogen-bond acceptors (Lipinski definition) is 3. The molecule has 0 aromatic heterocycles. The van der Waals surface area contributed by atoms with Crippen LogP contribution < -0.4 is 4.74 Å². The van der Waals surface area contributed by atoms with E-state index >= 15 is 0 Å². The third kappa shape index (κ3) is 3.44. The zero-order valence-electron chi connectivity index (χ0n) is 15.0. The van der Waals surface area contributed by atoms with Crippen molar-refractivity contribution in [3.8, 4) is 5.75 Å². The predicted octanol–water partition coefficient (Wildman–Crippen LogP) is 3.60. The molecule has 4 heteroatoms. The van der Waals surface area contributed by atoms with Crippen LogP contribution in [0.25, 0.3) is 0 Å². The Morgan fingerprint density at radius 1 is 1.21 bits per heavy atom. The van der Waals surface area contributed by atoms with E-state index in [1.54, 1.807) is 7.11 Å². The molecular weight excluding hydrogens is 302 g/mol. The second kappa shape index (κ2) is 7.56. The highest BCUT2D eigenvalue weighted by atomic mass is 16.5. The minimum absolute atomic E-state index is 0.100. The monoisotopic (exact) mass is 331 g/mol. The quantitative estimate of drug-likeness (QED) is 0.846. The Balaban J connectivity index is 1.83. The Morgan fingerprint density at radius 2 is 1.92 bits per heavy atom. The first-order valence-electron chi connectivity index (χ1n) is 9.18. The number of fused-ring (bicyclic) bond motifs is 1. The third-order valence-electron chi connectivity index (χ3n) is 5.42. The smallest absolute Gasteiger partial charge is 0.230 e. The molecule has 4 nitrogen and oxygen atoms in total. The summed E-state index contributed by atoms with van der Waals surface area (Å²) in [4.78, 5) is 15.5. The average molecular weight is 331 g/mol. The van der Waals surface area contributed by atoms with Gasteiger partial charge in [-0.2, -0.15) is 0 Å². The van der Waals surface area contributed by atoms with Crippen molar-refractivity contribution in [2.75, 3.05) is 20.3 Å². The summed E-state index contributed by atoms with van der Waals surface area (Å²) in [7, 11) is 1.66. The van der Waals surface area contributed by atoms with Crippen LogP contribution in [-0.2, 0) is 9.53 Å². The SMILES string of the molecule is COc1ccc(C(C(=O)N2CCOC3CCCCC32)C(C)C)cc1. The van der Waals surface area contributed by atoms with Crippen molar-refractivity contribution in [1.82, 2.24) is 4.90 Å². The van der Waals surface area contributed by atoms with Crippen LogP contribution in [0.15, 0.2) is 24.3 Å². The zero-order valence-corrected chi connectivity index (χ0v) is 15.0. The standard InChI is InChI=1S/C20H29NO3/c1-14(2)19(15-8-10-16(23-3)11-9-15)20(22)21-12-13-24-18-7-5-4-6-17(18)21/h8-11,14,17-19H,4-7,12-13H2,1-3H3. The van der Waals surface area contributed by atoms with Crippen LogP contribution in [0.1, 0.15) is 51.0 Å². The molecule has 0 radical (unpaired) electrons. The van der Waals surface area contributed by atoms with Gasteiger partial charge >= 0.3 is 0 Å². The number of carbonyl (C=O) groups is 1. The van der Waals surface area contributed by atoms with Gasteiger partial charge in [-0.1, -0.05) is 38.8 Å². The lowest BCUT2D eigenvalue weighted by Crippen LogP contribution is -2.56. The van der Waals surface area contributed by atoms with Crippen molar-refractivity contribution < 1.29 is 14.3 Å². The number of morpholine rings is 1. The first-order chi connectivity index (χ1) is 11.6. The lowest BCUT2D eigenvalue weighted by atomic mass is 9.84. The molecule has 2 aliphatic rings. The summed E-state index contributed by atoms with van der Waals surface area (Å²) in [5, 5.41) is 0. The van der Waals surface area contributed by atoms with Crippen molar-refractivity contribution in [2.45, 2.75) is 57.6 Å². The summed E-state index contributed by atoms with van der Waals surface area (Å²) in [5.41, 5.74) is 1.08. The normalized spacial score (nSPS) is 25.2. The minimum Gasteiger partial charge on any atom is -0.497 e. The van der Waals surface area contributed by atoms with E-state index in [1.807, 2.05) is 24.3 Å². The molecule has 3 rings (SSSR count). The number of benzene rings is 1. The zero-order chi connectivity index (χ0) is 17.1. The summed E-state index contributed by atoms with van der Waals surface area (Å²) in [6.45, 7) is 5.65. The van der Waals surface area contributed by atoms with Gasteiger partial charge in [0.1, 0.15) is 5.75 Å². The van der Waals surface area contributed by atoms with Crippen LogP contribution >= 0.6 is 0 Å². The number of amides is 1. The fourth-order valence-electron chi connectivity index (χ4n) is 4.17. The molecule has 3 atom stereocenters. The van der Waals surface area contributed by atoms with Crippen molar-refractivity contribution in [3.05, 3.63) is 29.8 Å². The molecule has 1 saturated carbocycles. The van der Waals surface area contributed by atoms with Crippen LogP contribution in [0.2, 0.25) is 0 Å². The topological polar surface area (TPSA) is 38.8 Å². The van der Waals surface area contributed by atoms with Gasteiger partial charge in [-0.25, -0.2) is 0 Å². The number of hydrogen-bond donors (Lipinski definition) is 0. The Morgan fingerprint density at radius 3 is 2.58 bits per heavy atom. The molecule has 0 bridgehead atoms. The molecule has 132 valence electrons. The lowest BCUT2D eigenvalue weighted by Gasteiger charge is -2.45. The van der Waals surface area contributed by atoms with Gasteiger partial charge in [-0.15, -0.1) is 0 Å². The van der Waals surface area contributed by atoms with Crippen molar-refractivity contribution >= 4 is 5.91 Å². The molecule has 1 saturated heterocycles. The number of nitrogens with zero attached hydrogens (tertiary/aromatic N) is 1. The number of methoxy groups -OCH3 is 1. The van der Waals surface area contributed by atoms with Gasteiger partial charge in [-0.3, -0.25) is 4.79 Å². The molecule has 0 spiro atoms. The van der Waals surface area contributed by atoms with E-state index in [0.717, 1.165) is 30.7 Å². The first-order valence-corrected chi connectivity index (χ1v) is 9.18. The van der Waals surface area contributed by atoms with E-state index < -0.39 is 0 Å². The summed E-state index contributed by atoms with van der Waals surface area (Å²) in [6.07, 6.45) is 4.81. The first kappa shape index (κ1) is 17.3. The largest absolute Gasteiger partial charge is 0.497 e. The van der Waals surface area contributed by atoms with Gasteiger partial charge in [0.2, 0.25) is 5.91 Å². The molecule has 24 heavy (non-hydrogen) atoms. The molecule has 3 unspecified atom stereocenters. The second-order valence-electron chi connectivity index (χ2n) is 7.29. The summed E-state index contributed by atoms with van der Waals surface area (Å²) in [6, 6.07) is 8.21. The highest BCUT2D eigenvalue weighted by Crippen LogP contribution is 2.34. The van der Waals surface area contributed by atoms with Crippen LogP contribution in [0.5, 0.6) is 5.75 Å². The van der Waals surface area contributed by atoms with Gasteiger partial charge in [0.05, 0.1) is 31.8 Å². The molecule has 1 heterocycles. The lowest BCUT2D eigenvalue weighted by molar-refractivity contribution is -0.152. The van der Waals surface area contributed by atoms with Crippen LogP contribution in [-0.4, -0.2) is 43.2 Å². The number of rotatable bonds is 4. The summed E-state index contributed by atoms with van der Waals surface area (Å²) >= 11 is 0. The maximum Gasteiger partial charge on any atom is 0.230 e. The van der Waals surface area contributed by atoms with Crippen LogP contribution in [0.3, 0.4) is 0 Å². The molecule has 1 aromatic rings. The Labute approximate surface area is 145 Å². The van der Waals surface area contributed by atoms with Gasteiger partial charge in [0.15, 0.2) is 0 Å². The molecule has 0 N–H and O–H groups in total. The highest BCUT2D eigenvalue weighted by Gasteiger charge is 2.39. The Kier molecular flexibility index (Phi) is 5.44. The van der Waals surface area contributed by atoms with E-state index in [4.69, 9.17) is 9.47 Å². The van der Waals surface area contributed by atoms with Gasteiger partial charge < -0.3 is 14.4 Å². The molecule has 1 amide bonds. The van der Waals surface area contributed by atoms with Gasteiger partial charge in [0, 0.05) is 6.54 Å². The van der Waals surface area contributed by atoms with E-state index in [-0.39, 0.29) is 29.9 Å². The predicted molar refractivity (Wildman–Crippen MR) is 94.3 cm³/mol. The van der Waals surface area contributed by atoms with Crippen molar-refractivity contribution in [1.29, 1.82) is 0 Å². The molecular formula is C20H29NO3. The maximum atomic E-state index is 13.4. The average Bonchev–Trinajstić information content (AvgIpc) is 2.61. The number of ether oxygens (including phenoxy) is 2. The fourth-order valence-corrected chi connectivity index (χ4v) is 4.17. The summed E-state index contributed by atoms with van der Waals surface area (Å²) in [5.74, 6) is 1.25. The van der Waals surface area contributed by atoms with E-state index in [9.17, 15) is 4.79 Å². The Bertz CT molecular complexity index is 553. The van der Waals surface area contributed by atoms with Gasteiger partial charge in [0.25, 0.3) is 0 Å². The molecule has 1 aliphatic carbocycles. The maximum absolute atomic E-state index is 13.4. The van der Waals surface area contributed by atoms with Gasteiger partial charge in [-0.05, 0) is 36.5 Å². The summed E-state index contributed by atoms with van der Waals surface area (Å²) < 4.78 is 11.2. The van der Waals surface area contributed by atoms with Crippen molar-refractivity contribution in [2.24, 2.45) is 5.92 Å². The number of carbonyl (C=O) groups excluding carboxylic acids is 1. The van der Waals surface area contributed by atoms with E-state index in [1.165, 1.54) is 12.8 Å². The molecule has 2 fully saturated rings. The minimum atomic E-state index is -0.100. The fraction of sp³-hybridized carbons (Fsp3) is 0.650. The van der Waals surface area contributed by atoms with E-state index in [2.05, 4.69) is 18.7 Å². The Hall–Kier alpha value is -1.55. The second-order valence-corrected chi connectivity index (χ2v) is 7.29. The third-order valence-corrected chi connectivity index (χ3v) is 5.42. The van der Waals surface area contributed by atoms with Crippen molar-refractivity contribution in [3.63, 3.8) is 0 Å². The van der Waals surface area contributed by atoms with E-state index in [0.29, 0.717) is 6.61 Å². The molecule has 1 aromatic carbocycles.